The Morgan fingerprint density at radius 2 is 0.769 bits per heavy atom. The van der Waals surface area contributed by atoms with E-state index in [9.17, 15) is 0 Å². The first-order chi connectivity index (χ1) is 12.7. The number of hydrogen-bond acceptors (Lipinski definition) is 8. The summed E-state index contributed by atoms with van der Waals surface area (Å²) in [4.78, 5) is 23.3. The van der Waals surface area contributed by atoms with E-state index in [4.69, 9.17) is 10.2 Å². The molecule has 2 aromatic carbocycles. The van der Waals surface area contributed by atoms with Gasteiger partial charge in [0, 0.05) is 11.1 Å². The highest BCUT2D eigenvalue weighted by Crippen LogP contribution is 2.17. The van der Waals surface area contributed by atoms with Crippen LogP contribution in [0, 0.1) is 0 Å². The molecule has 0 bridgehead atoms. The normalized spacial score (nSPS) is 9.85. The second-order valence-electron chi connectivity index (χ2n) is 5.02. The van der Waals surface area contributed by atoms with E-state index in [0.717, 1.165) is 11.1 Å². The molecule has 4 aromatic rings. The summed E-state index contributed by atoms with van der Waals surface area (Å²) in [6.45, 7) is 0. The Kier molecular flexibility index (Phi) is 5.36. The van der Waals surface area contributed by atoms with Crippen molar-refractivity contribution in [3.63, 3.8) is 0 Å². The molecule has 0 atom stereocenters. The Hall–Kier alpha value is -3.94. The topological polar surface area (TPSA) is 118 Å². The lowest BCUT2D eigenvalue weighted by Crippen LogP contribution is -1.87. The summed E-state index contributed by atoms with van der Waals surface area (Å²) >= 11 is 0. The van der Waals surface area contributed by atoms with Gasteiger partial charge in [-0.25, -0.2) is 29.9 Å². The Bertz CT molecular complexity index is 852. The SMILES string of the molecule is Oc1ccc(-c2ncncn2)cc1.Oc1ccc(-c2ncncn2)cc1. The van der Waals surface area contributed by atoms with Crippen LogP contribution in [-0.4, -0.2) is 40.1 Å². The molecule has 0 radical (unpaired) electrons. The predicted octanol–water partition coefficient (Wildman–Crippen LogP) is 2.49. The van der Waals surface area contributed by atoms with Gasteiger partial charge in [-0.1, -0.05) is 0 Å². The van der Waals surface area contributed by atoms with E-state index in [2.05, 4.69) is 29.9 Å². The van der Waals surface area contributed by atoms with Gasteiger partial charge >= 0.3 is 0 Å². The van der Waals surface area contributed by atoms with Crippen LogP contribution < -0.4 is 0 Å². The molecule has 8 heteroatoms. The highest BCUT2D eigenvalue weighted by molar-refractivity contribution is 5.55. The zero-order valence-electron chi connectivity index (χ0n) is 13.5. The molecule has 2 aromatic heterocycles. The van der Waals surface area contributed by atoms with Crippen molar-refractivity contribution >= 4 is 0 Å². The summed E-state index contributed by atoms with van der Waals surface area (Å²) in [5.41, 5.74) is 1.72. The molecule has 0 saturated carbocycles. The minimum atomic E-state index is 0.234. The molecule has 0 spiro atoms. The molecule has 0 unspecified atom stereocenters. The van der Waals surface area contributed by atoms with E-state index in [0.29, 0.717) is 11.6 Å². The summed E-state index contributed by atoms with van der Waals surface area (Å²) in [7, 11) is 0. The second kappa shape index (κ2) is 8.25. The van der Waals surface area contributed by atoms with Crippen LogP contribution in [0.25, 0.3) is 22.8 Å². The molecule has 0 amide bonds. The van der Waals surface area contributed by atoms with Crippen molar-refractivity contribution in [3.8, 4) is 34.3 Å². The summed E-state index contributed by atoms with van der Waals surface area (Å²) < 4.78 is 0. The molecule has 4 rings (SSSR count). The molecule has 26 heavy (non-hydrogen) atoms. The first-order valence-electron chi connectivity index (χ1n) is 7.55. The van der Waals surface area contributed by atoms with E-state index >= 15 is 0 Å². The van der Waals surface area contributed by atoms with E-state index in [-0.39, 0.29) is 11.5 Å². The third-order valence-corrected chi connectivity index (χ3v) is 3.24. The number of benzene rings is 2. The van der Waals surface area contributed by atoms with Gasteiger partial charge in [-0.2, -0.15) is 0 Å². The summed E-state index contributed by atoms with van der Waals surface area (Å²) in [5, 5.41) is 18.1. The minimum Gasteiger partial charge on any atom is -0.508 e. The fraction of sp³-hybridized carbons (Fsp3) is 0. The Balaban J connectivity index is 0.000000151. The van der Waals surface area contributed by atoms with Gasteiger partial charge < -0.3 is 10.2 Å². The number of phenolic OH excluding ortho intramolecular Hbond substituents is 2. The van der Waals surface area contributed by atoms with Gasteiger partial charge in [0.2, 0.25) is 0 Å². The zero-order valence-corrected chi connectivity index (χ0v) is 13.5. The smallest absolute Gasteiger partial charge is 0.162 e. The first kappa shape index (κ1) is 16.9. The lowest BCUT2D eigenvalue weighted by molar-refractivity contribution is 0.475. The number of phenols is 2. The molecule has 0 aliphatic rings. The van der Waals surface area contributed by atoms with Gasteiger partial charge in [0.05, 0.1) is 0 Å². The van der Waals surface area contributed by atoms with Gasteiger partial charge in [-0.3, -0.25) is 0 Å². The number of rotatable bonds is 2. The van der Waals surface area contributed by atoms with Gasteiger partial charge in [-0.05, 0) is 48.5 Å². The van der Waals surface area contributed by atoms with Crippen LogP contribution in [0.15, 0.2) is 73.8 Å². The van der Waals surface area contributed by atoms with Crippen LogP contribution in [0.2, 0.25) is 0 Å². The third kappa shape index (κ3) is 4.54. The zero-order chi connectivity index (χ0) is 18.2. The summed E-state index contributed by atoms with van der Waals surface area (Å²) in [5.74, 6) is 1.68. The molecule has 2 heterocycles. The van der Waals surface area contributed by atoms with Crippen molar-refractivity contribution in [2.75, 3.05) is 0 Å². The van der Waals surface area contributed by atoms with Crippen molar-refractivity contribution in [3.05, 3.63) is 73.8 Å². The van der Waals surface area contributed by atoms with Crippen molar-refractivity contribution < 1.29 is 10.2 Å². The Morgan fingerprint density at radius 3 is 1.08 bits per heavy atom. The molecular formula is C18H14N6O2. The largest absolute Gasteiger partial charge is 0.508 e. The Labute approximate surface area is 149 Å². The molecule has 0 saturated heterocycles. The number of aromatic nitrogens is 6. The van der Waals surface area contributed by atoms with E-state index in [1.54, 1.807) is 48.5 Å². The lowest BCUT2D eigenvalue weighted by atomic mass is 10.2. The molecule has 0 aliphatic carbocycles. The molecule has 0 aliphatic heterocycles. The average Bonchev–Trinajstić information content (AvgIpc) is 2.71. The number of hydrogen-bond donors (Lipinski definition) is 2. The van der Waals surface area contributed by atoms with Crippen molar-refractivity contribution in [2.45, 2.75) is 0 Å². The van der Waals surface area contributed by atoms with Crippen molar-refractivity contribution in [2.24, 2.45) is 0 Å². The maximum Gasteiger partial charge on any atom is 0.162 e. The number of nitrogens with zero attached hydrogens (tertiary/aromatic N) is 6. The third-order valence-electron chi connectivity index (χ3n) is 3.24. The fourth-order valence-electron chi connectivity index (χ4n) is 2.00. The molecule has 0 fully saturated rings. The predicted molar refractivity (Wildman–Crippen MR) is 93.9 cm³/mol. The lowest BCUT2D eigenvalue weighted by Gasteiger charge is -1.97. The van der Waals surface area contributed by atoms with Gasteiger partial charge in [0.1, 0.15) is 36.8 Å². The van der Waals surface area contributed by atoms with Crippen molar-refractivity contribution in [1.29, 1.82) is 0 Å². The molecule has 8 nitrogen and oxygen atoms in total. The fourth-order valence-corrected chi connectivity index (χ4v) is 2.00. The van der Waals surface area contributed by atoms with E-state index < -0.39 is 0 Å². The van der Waals surface area contributed by atoms with E-state index in [1.807, 2.05) is 0 Å². The molecular weight excluding hydrogens is 332 g/mol. The van der Waals surface area contributed by atoms with Gasteiger partial charge in [0.25, 0.3) is 0 Å². The molecule has 128 valence electrons. The Morgan fingerprint density at radius 1 is 0.462 bits per heavy atom. The van der Waals surface area contributed by atoms with E-state index in [1.165, 1.54) is 25.3 Å². The summed E-state index contributed by atoms with van der Waals surface area (Å²) in [6, 6.07) is 13.4. The van der Waals surface area contributed by atoms with Crippen LogP contribution in [0.3, 0.4) is 0 Å². The highest BCUT2D eigenvalue weighted by atomic mass is 16.3. The minimum absolute atomic E-state index is 0.234. The number of aromatic hydroxyl groups is 2. The average molecular weight is 346 g/mol. The van der Waals surface area contributed by atoms with Crippen LogP contribution >= 0.6 is 0 Å². The summed E-state index contributed by atoms with van der Waals surface area (Å²) in [6.07, 6.45) is 5.76. The standard InChI is InChI=1S/2C9H7N3O/c2*13-8-3-1-7(2-4-8)9-11-5-10-6-12-9/h2*1-6,13H. The quantitative estimate of drug-likeness (QED) is 0.568. The molecule has 2 N–H and O–H groups in total. The second-order valence-corrected chi connectivity index (χ2v) is 5.02. The first-order valence-corrected chi connectivity index (χ1v) is 7.55. The van der Waals surface area contributed by atoms with Crippen LogP contribution in [0.4, 0.5) is 0 Å². The van der Waals surface area contributed by atoms with Gasteiger partial charge in [-0.15, -0.1) is 0 Å². The highest BCUT2D eigenvalue weighted by Gasteiger charge is 1.99. The van der Waals surface area contributed by atoms with Crippen LogP contribution in [0.1, 0.15) is 0 Å². The van der Waals surface area contributed by atoms with Crippen molar-refractivity contribution in [1.82, 2.24) is 29.9 Å². The van der Waals surface area contributed by atoms with Crippen LogP contribution in [-0.2, 0) is 0 Å². The maximum absolute atomic E-state index is 9.05. The van der Waals surface area contributed by atoms with Crippen LogP contribution in [0.5, 0.6) is 11.5 Å². The van der Waals surface area contributed by atoms with Gasteiger partial charge in [0.15, 0.2) is 11.6 Å². The maximum atomic E-state index is 9.05. The monoisotopic (exact) mass is 346 g/mol.